The van der Waals surface area contributed by atoms with Gasteiger partial charge in [-0.2, -0.15) is 0 Å². The average molecular weight is 209 g/mol. The number of carbonyl (C=O) groups is 1. The molecule has 3 N–H and O–H groups in total. The van der Waals surface area contributed by atoms with Crippen LogP contribution in [0.3, 0.4) is 0 Å². The van der Waals surface area contributed by atoms with E-state index in [1.807, 2.05) is 6.92 Å². The van der Waals surface area contributed by atoms with Crippen LogP contribution in [0.1, 0.15) is 33.6 Å². The molecule has 0 saturated heterocycles. The van der Waals surface area contributed by atoms with Crippen LogP contribution >= 0.6 is 0 Å². The molecule has 0 heterocycles. The van der Waals surface area contributed by atoms with Crippen molar-refractivity contribution >= 4 is 5.97 Å². The minimum atomic E-state index is -0.991. The highest BCUT2D eigenvalue weighted by Gasteiger charge is 2.04. The van der Waals surface area contributed by atoms with E-state index in [2.05, 4.69) is 13.0 Å². The molecule has 0 rings (SSSR count). The fourth-order valence-corrected chi connectivity index (χ4v) is 1.03. The van der Waals surface area contributed by atoms with Gasteiger partial charge in [-0.15, -0.1) is 0 Å². The highest BCUT2D eigenvalue weighted by molar-refractivity contribution is 5.90. The van der Waals surface area contributed by atoms with Crippen LogP contribution in [0.15, 0.2) is 35.1 Å². The predicted octanol–water partition coefficient (Wildman–Crippen LogP) is 2.61. The Morgan fingerprint density at radius 1 is 1.33 bits per heavy atom. The number of nitrogens with two attached hydrogens (primary N) is 1. The van der Waals surface area contributed by atoms with Crippen LogP contribution in [-0.4, -0.2) is 11.1 Å². The van der Waals surface area contributed by atoms with Gasteiger partial charge >= 0.3 is 5.97 Å². The summed E-state index contributed by atoms with van der Waals surface area (Å²) in [6, 6.07) is 0. The lowest BCUT2D eigenvalue weighted by Crippen LogP contribution is -2.06. The van der Waals surface area contributed by atoms with Crippen LogP contribution in [0.5, 0.6) is 0 Å². The van der Waals surface area contributed by atoms with Gasteiger partial charge in [0.1, 0.15) is 0 Å². The Morgan fingerprint density at radius 3 is 2.33 bits per heavy atom. The molecule has 0 amide bonds. The van der Waals surface area contributed by atoms with Crippen molar-refractivity contribution in [1.82, 2.24) is 0 Å². The lowest BCUT2D eigenvalue weighted by atomic mass is 10.1. The van der Waals surface area contributed by atoms with Gasteiger partial charge < -0.3 is 10.8 Å². The fraction of sp³-hybridized carbons (Fsp3) is 0.417. The van der Waals surface area contributed by atoms with Crippen molar-refractivity contribution in [2.45, 2.75) is 33.6 Å². The lowest BCUT2D eigenvalue weighted by molar-refractivity contribution is -0.132. The van der Waals surface area contributed by atoms with Gasteiger partial charge in [0.15, 0.2) is 0 Å². The third kappa shape index (κ3) is 5.73. The van der Waals surface area contributed by atoms with E-state index in [0.717, 1.165) is 18.4 Å². The predicted molar refractivity (Wildman–Crippen MR) is 62.3 cm³/mol. The topological polar surface area (TPSA) is 63.3 Å². The molecule has 0 aromatic rings. The lowest BCUT2D eigenvalue weighted by Gasteiger charge is -1.98. The monoisotopic (exact) mass is 209 g/mol. The molecule has 0 aliphatic carbocycles. The Kier molecular flexibility index (Phi) is 6.18. The zero-order chi connectivity index (χ0) is 11.8. The summed E-state index contributed by atoms with van der Waals surface area (Å²) < 4.78 is 0. The van der Waals surface area contributed by atoms with Gasteiger partial charge in [0.2, 0.25) is 0 Å². The standard InChI is InChI=1S/C12H19NO2/c1-4-5-6-9(2)7-8-11(10(3)13)12(14)15/h6-8H,4-5,13H2,1-3H3,(H,14,15)/b8-7-,9-6+,11-10-. The summed E-state index contributed by atoms with van der Waals surface area (Å²) in [7, 11) is 0. The Hall–Kier alpha value is -1.51. The number of hydrogen-bond donors (Lipinski definition) is 2. The second-order valence-electron chi connectivity index (χ2n) is 3.47. The maximum Gasteiger partial charge on any atom is 0.337 e. The molecule has 0 bridgehead atoms. The molecule has 0 radical (unpaired) electrons. The maximum atomic E-state index is 10.8. The molecule has 0 aliphatic rings. The minimum Gasteiger partial charge on any atom is -0.478 e. The van der Waals surface area contributed by atoms with Crippen LogP contribution in [0, 0.1) is 0 Å². The smallest absolute Gasteiger partial charge is 0.337 e. The SMILES string of the molecule is CCC/C=C(C)/C=C\C(C(=O)O)=C(/C)N. The molecule has 0 fully saturated rings. The first-order valence-electron chi connectivity index (χ1n) is 5.03. The Balaban J connectivity index is 4.63. The second-order valence-corrected chi connectivity index (χ2v) is 3.47. The van der Waals surface area contributed by atoms with Crippen molar-refractivity contribution in [3.63, 3.8) is 0 Å². The van der Waals surface area contributed by atoms with E-state index in [1.165, 1.54) is 0 Å². The number of allylic oxidation sites excluding steroid dienone is 4. The van der Waals surface area contributed by atoms with E-state index >= 15 is 0 Å². The molecule has 84 valence electrons. The number of unbranched alkanes of at least 4 members (excludes halogenated alkanes) is 1. The molecule has 3 heteroatoms. The van der Waals surface area contributed by atoms with Crippen molar-refractivity contribution < 1.29 is 9.90 Å². The van der Waals surface area contributed by atoms with Gasteiger partial charge in [-0.05, 0) is 26.3 Å². The molecule has 0 aromatic heterocycles. The van der Waals surface area contributed by atoms with Crippen LogP contribution in [0.25, 0.3) is 0 Å². The van der Waals surface area contributed by atoms with Gasteiger partial charge in [-0.1, -0.05) is 31.1 Å². The van der Waals surface area contributed by atoms with E-state index in [0.29, 0.717) is 5.70 Å². The van der Waals surface area contributed by atoms with Gasteiger partial charge in [0.25, 0.3) is 0 Å². The summed E-state index contributed by atoms with van der Waals surface area (Å²) in [5.74, 6) is -0.991. The van der Waals surface area contributed by atoms with E-state index in [4.69, 9.17) is 10.8 Å². The summed E-state index contributed by atoms with van der Waals surface area (Å²) in [6.45, 7) is 5.62. The Bertz CT molecular complexity index is 308. The van der Waals surface area contributed by atoms with Crippen LogP contribution in [0.2, 0.25) is 0 Å². The molecule has 15 heavy (non-hydrogen) atoms. The summed E-state index contributed by atoms with van der Waals surface area (Å²) in [5, 5.41) is 8.82. The van der Waals surface area contributed by atoms with Crippen molar-refractivity contribution in [2.24, 2.45) is 5.73 Å². The van der Waals surface area contributed by atoms with Crippen molar-refractivity contribution in [2.75, 3.05) is 0 Å². The largest absolute Gasteiger partial charge is 0.478 e. The molecule has 0 aliphatic heterocycles. The number of hydrogen-bond acceptors (Lipinski definition) is 2. The molecule has 0 spiro atoms. The molecule has 0 atom stereocenters. The van der Waals surface area contributed by atoms with E-state index in [-0.39, 0.29) is 5.57 Å². The highest BCUT2D eigenvalue weighted by Crippen LogP contribution is 2.06. The van der Waals surface area contributed by atoms with Crippen molar-refractivity contribution in [3.05, 3.63) is 35.1 Å². The van der Waals surface area contributed by atoms with Crippen molar-refractivity contribution in [3.8, 4) is 0 Å². The van der Waals surface area contributed by atoms with E-state index in [1.54, 1.807) is 19.1 Å². The first-order chi connectivity index (χ1) is 6.99. The first kappa shape index (κ1) is 13.5. The van der Waals surface area contributed by atoms with Crippen LogP contribution in [0.4, 0.5) is 0 Å². The Morgan fingerprint density at radius 2 is 1.93 bits per heavy atom. The summed E-state index contributed by atoms with van der Waals surface area (Å²) in [5.41, 5.74) is 6.98. The number of carboxylic acid groups (broad SMARTS) is 1. The van der Waals surface area contributed by atoms with Gasteiger partial charge in [-0.25, -0.2) is 4.79 Å². The van der Waals surface area contributed by atoms with Crippen LogP contribution in [-0.2, 0) is 4.79 Å². The second kappa shape index (κ2) is 6.87. The highest BCUT2D eigenvalue weighted by atomic mass is 16.4. The minimum absolute atomic E-state index is 0.152. The van der Waals surface area contributed by atoms with Crippen molar-refractivity contribution in [1.29, 1.82) is 0 Å². The van der Waals surface area contributed by atoms with Gasteiger partial charge in [0.05, 0.1) is 5.57 Å². The fourth-order valence-electron chi connectivity index (χ4n) is 1.03. The van der Waals surface area contributed by atoms with E-state index in [9.17, 15) is 4.79 Å². The molecular weight excluding hydrogens is 190 g/mol. The molecule has 3 nitrogen and oxygen atoms in total. The van der Waals surface area contributed by atoms with Gasteiger partial charge in [-0.3, -0.25) is 0 Å². The quantitative estimate of drug-likeness (QED) is 0.540. The first-order valence-corrected chi connectivity index (χ1v) is 5.03. The number of carboxylic acids is 1. The third-order valence-electron chi connectivity index (χ3n) is 1.92. The molecule has 0 saturated carbocycles. The summed E-state index contributed by atoms with van der Waals surface area (Å²) in [6.07, 6.45) is 7.48. The molecular formula is C12H19NO2. The molecule has 0 unspecified atom stereocenters. The Labute approximate surface area is 91.0 Å². The zero-order valence-electron chi connectivity index (χ0n) is 9.58. The average Bonchev–Trinajstić information content (AvgIpc) is 2.13. The summed E-state index contributed by atoms with van der Waals surface area (Å²) in [4.78, 5) is 10.8. The number of rotatable bonds is 5. The third-order valence-corrected chi connectivity index (χ3v) is 1.92. The zero-order valence-corrected chi connectivity index (χ0v) is 9.58. The normalized spacial score (nSPS) is 14.2. The van der Waals surface area contributed by atoms with Crippen LogP contribution < -0.4 is 5.73 Å². The number of aliphatic carboxylic acids is 1. The summed E-state index contributed by atoms with van der Waals surface area (Å²) >= 11 is 0. The molecule has 0 aromatic carbocycles. The maximum absolute atomic E-state index is 10.8. The van der Waals surface area contributed by atoms with Gasteiger partial charge in [0, 0.05) is 5.70 Å². The van der Waals surface area contributed by atoms with E-state index < -0.39 is 5.97 Å².